The predicted molar refractivity (Wildman–Crippen MR) is 109 cm³/mol. The SMILES string of the molecule is CC1CCN(C(=O)CCN(CCC[NH+]2CCOCC2)C(=O)c2cnccn2)CC1. The van der Waals surface area contributed by atoms with Crippen molar-refractivity contribution in [3.8, 4) is 0 Å². The summed E-state index contributed by atoms with van der Waals surface area (Å²) in [6.45, 7) is 9.61. The van der Waals surface area contributed by atoms with E-state index < -0.39 is 0 Å². The molecule has 0 atom stereocenters. The molecular weight excluding hydrogens is 370 g/mol. The third-order valence-electron chi connectivity index (χ3n) is 5.96. The van der Waals surface area contributed by atoms with Crippen LogP contribution in [0.5, 0.6) is 0 Å². The molecule has 1 aromatic rings. The number of piperidine rings is 1. The molecule has 2 fully saturated rings. The number of rotatable bonds is 8. The van der Waals surface area contributed by atoms with Crippen LogP contribution in [0.3, 0.4) is 0 Å². The van der Waals surface area contributed by atoms with Crippen molar-refractivity contribution >= 4 is 11.8 Å². The Morgan fingerprint density at radius 2 is 1.97 bits per heavy atom. The van der Waals surface area contributed by atoms with Crippen molar-refractivity contribution < 1.29 is 19.2 Å². The maximum Gasteiger partial charge on any atom is 0.274 e. The number of likely N-dealkylation sites (tertiary alicyclic amines) is 1. The van der Waals surface area contributed by atoms with Gasteiger partial charge in [-0.05, 0) is 18.8 Å². The summed E-state index contributed by atoms with van der Waals surface area (Å²) in [6.07, 6.45) is 7.98. The Balaban J connectivity index is 1.53. The van der Waals surface area contributed by atoms with E-state index in [2.05, 4.69) is 16.9 Å². The fourth-order valence-corrected chi connectivity index (χ4v) is 3.96. The van der Waals surface area contributed by atoms with Gasteiger partial charge in [0.25, 0.3) is 5.91 Å². The Morgan fingerprint density at radius 1 is 1.21 bits per heavy atom. The van der Waals surface area contributed by atoms with Crippen LogP contribution in [0.15, 0.2) is 18.6 Å². The molecule has 2 amide bonds. The number of amides is 2. The number of carbonyl (C=O) groups is 2. The molecule has 2 aliphatic heterocycles. The molecular formula is C21H34N5O3+. The number of morpholine rings is 1. The van der Waals surface area contributed by atoms with E-state index in [9.17, 15) is 9.59 Å². The van der Waals surface area contributed by atoms with E-state index in [0.717, 1.165) is 65.2 Å². The van der Waals surface area contributed by atoms with Crippen LogP contribution in [0.25, 0.3) is 0 Å². The van der Waals surface area contributed by atoms with E-state index >= 15 is 0 Å². The second-order valence-electron chi connectivity index (χ2n) is 8.16. The highest BCUT2D eigenvalue weighted by atomic mass is 16.5. The molecule has 8 nitrogen and oxygen atoms in total. The molecule has 0 aromatic carbocycles. The zero-order valence-corrected chi connectivity index (χ0v) is 17.5. The molecule has 3 rings (SSSR count). The van der Waals surface area contributed by atoms with Gasteiger partial charge < -0.3 is 19.4 Å². The summed E-state index contributed by atoms with van der Waals surface area (Å²) in [5, 5.41) is 0. The molecule has 2 aliphatic rings. The molecule has 0 radical (unpaired) electrons. The predicted octanol–water partition coefficient (Wildman–Crippen LogP) is -0.127. The van der Waals surface area contributed by atoms with Gasteiger partial charge in [-0.2, -0.15) is 0 Å². The van der Waals surface area contributed by atoms with Crippen LogP contribution in [0.4, 0.5) is 0 Å². The Kier molecular flexibility index (Phi) is 8.37. The fourth-order valence-electron chi connectivity index (χ4n) is 3.96. The number of hydrogen-bond acceptors (Lipinski definition) is 5. The van der Waals surface area contributed by atoms with Gasteiger partial charge in [-0.15, -0.1) is 0 Å². The van der Waals surface area contributed by atoms with Gasteiger partial charge in [0.1, 0.15) is 18.8 Å². The van der Waals surface area contributed by atoms with Crippen LogP contribution in [0.1, 0.15) is 43.1 Å². The first-order valence-electron chi connectivity index (χ1n) is 10.9. The first-order valence-corrected chi connectivity index (χ1v) is 10.9. The Bertz CT molecular complexity index is 643. The van der Waals surface area contributed by atoms with E-state index in [1.807, 2.05) is 4.90 Å². The van der Waals surface area contributed by atoms with E-state index in [1.165, 1.54) is 17.3 Å². The number of nitrogens with one attached hydrogen (secondary N) is 1. The van der Waals surface area contributed by atoms with Crippen LogP contribution in [0, 0.1) is 5.92 Å². The quantitative estimate of drug-likeness (QED) is 0.653. The molecule has 2 saturated heterocycles. The first kappa shape index (κ1) is 21.6. The smallest absolute Gasteiger partial charge is 0.274 e. The van der Waals surface area contributed by atoms with E-state index in [-0.39, 0.29) is 11.8 Å². The largest absolute Gasteiger partial charge is 0.370 e. The third-order valence-corrected chi connectivity index (χ3v) is 5.96. The highest BCUT2D eigenvalue weighted by Crippen LogP contribution is 2.16. The van der Waals surface area contributed by atoms with Gasteiger partial charge in [-0.25, -0.2) is 4.98 Å². The van der Waals surface area contributed by atoms with Gasteiger partial charge in [-0.3, -0.25) is 14.6 Å². The topological polar surface area (TPSA) is 80.1 Å². The van der Waals surface area contributed by atoms with Gasteiger partial charge >= 0.3 is 0 Å². The summed E-state index contributed by atoms with van der Waals surface area (Å²) in [4.78, 5) is 39.0. The van der Waals surface area contributed by atoms with Crippen molar-refractivity contribution in [2.75, 3.05) is 59.0 Å². The second kappa shape index (κ2) is 11.2. The van der Waals surface area contributed by atoms with Gasteiger partial charge in [0, 0.05) is 51.4 Å². The van der Waals surface area contributed by atoms with Crippen LogP contribution < -0.4 is 4.90 Å². The Morgan fingerprint density at radius 3 is 2.66 bits per heavy atom. The van der Waals surface area contributed by atoms with Crippen molar-refractivity contribution in [3.63, 3.8) is 0 Å². The van der Waals surface area contributed by atoms with Crippen molar-refractivity contribution in [2.24, 2.45) is 5.92 Å². The van der Waals surface area contributed by atoms with Crippen LogP contribution in [-0.2, 0) is 9.53 Å². The average molecular weight is 405 g/mol. The lowest BCUT2D eigenvalue weighted by atomic mass is 9.99. The highest BCUT2D eigenvalue weighted by molar-refractivity contribution is 5.92. The number of quaternary nitrogens is 1. The van der Waals surface area contributed by atoms with Crippen molar-refractivity contribution in [1.29, 1.82) is 0 Å². The minimum atomic E-state index is -0.143. The van der Waals surface area contributed by atoms with Crippen LogP contribution >= 0.6 is 0 Å². The molecule has 1 N–H and O–H groups in total. The molecule has 0 aliphatic carbocycles. The maximum absolute atomic E-state index is 12.9. The molecule has 0 unspecified atom stereocenters. The van der Waals surface area contributed by atoms with Gasteiger partial charge in [0.15, 0.2) is 0 Å². The molecule has 0 saturated carbocycles. The Hall–Kier alpha value is -2.06. The van der Waals surface area contributed by atoms with Gasteiger partial charge in [-0.1, -0.05) is 6.92 Å². The standard InChI is InChI=1S/C21H33N5O3/c1-18-3-10-25(11-4-18)20(27)5-12-26(21(28)19-17-22-6-7-23-19)9-2-8-24-13-15-29-16-14-24/h6-7,17-18H,2-5,8-16H2,1H3/p+1. The summed E-state index contributed by atoms with van der Waals surface area (Å²) in [6, 6.07) is 0. The maximum atomic E-state index is 12.9. The lowest BCUT2D eigenvalue weighted by molar-refractivity contribution is -0.908. The normalized spacial score (nSPS) is 18.6. The number of ether oxygens (including phenoxy) is 1. The van der Waals surface area contributed by atoms with Crippen molar-refractivity contribution in [3.05, 3.63) is 24.3 Å². The van der Waals surface area contributed by atoms with Gasteiger partial charge in [0.2, 0.25) is 5.91 Å². The zero-order chi connectivity index (χ0) is 20.5. The van der Waals surface area contributed by atoms with Gasteiger partial charge in [0.05, 0.1) is 26.0 Å². The number of hydrogen-bond donors (Lipinski definition) is 1. The lowest BCUT2D eigenvalue weighted by Gasteiger charge is -2.31. The van der Waals surface area contributed by atoms with E-state index in [0.29, 0.717) is 31.1 Å². The van der Waals surface area contributed by atoms with Crippen molar-refractivity contribution in [2.45, 2.75) is 32.6 Å². The fraction of sp³-hybridized carbons (Fsp3) is 0.714. The van der Waals surface area contributed by atoms with E-state index in [4.69, 9.17) is 4.74 Å². The monoisotopic (exact) mass is 404 g/mol. The highest BCUT2D eigenvalue weighted by Gasteiger charge is 2.23. The molecule has 3 heterocycles. The molecule has 160 valence electrons. The average Bonchev–Trinajstić information content (AvgIpc) is 2.77. The van der Waals surface area contributed by atoms with Crippen LogP contribution in [0.2, 0.25) is 0 Å². The molecule has 1 aromatic heterocycles. The summed E-state index contributed by atoms with van der Waals surface area (Å²) >= 11 is 0. The minimum Gasteiger partial charge on any atom is -0.370 e. The molecule has 29 heavy (non-hydrogen) atoms. The second-order valence-corrected chi connectivity index (χ2v) is 8.16. The van der Waals surface area contributed by atoms with Crippen molar-refractivity contribution in [1.82, 2.24) is 19.8 Å². The molecule has 0 spiro atoms. The molecule has 8 heteroatoms. The number of aromatic nitrogens is 2. The summed E-state index contributed by atoms with van der Waals surface area (Å²) in [7, 11) is 0. The number of carbonyl (C=O) groups excluding carboxylic acids is 2. The number of nitrogens with zero attached hydrogens (tertiary/aromatic N) is 4. The summed E-state index contributed by atoms with van der Waals surface area (Å²) in [5.74, 6) is 0.694. The van der Waals surface area contributed by atoms with E-state index in [1.54, 1.807) is 11.1 Å². The summed E-state index contributed by atoms with van der Waals surface area (Å²) < 4.78 is 5.41. The minimum absolute atomic E-state index is 0.143. The third kappa shape index (κ3) is 6.75. The Labute approximate surface area is 173 Å². The zero-order valence-electron chi connectivity index (χ0n) is 17.5. The molecule has 0 bridgehead atoms. The lowest BCUT2D eigenvalue weighted by Crippen LogP contribution is -3.14. The first-order chi connectivity index (χ1) is 14.1. The van der Waals surface area contributed by atoms with Crippen LogP contribution in [-0.4, -0.2) is 90.6 Å². The summed E-state index contributed by atoms with van der Waals surface area (Å²) in [5.41, 5.74) is 0.338.